The Morgan fingerprint density at radius 3 is 2.68 bits per heavy atom. The second-order valence-corrected chi connectivity index (χ2v) is 9.34. The Balaban J connectivity index is 1.60. The molecule has 2 aromatic rings. The molecule has 0 saturated carbocycles. The molecule has 6 nitrogen and oxygen atoms in total. The van der Waals surface area contributed by atoms with Gasteiger partial charge in [0.15, 0.2) is 5.17 Å². The zero-order chi connectivity index (χ0) is 22.3. The average molecular weight is 459 g/mol. The number of hydrogen-bond donors (Lipinski definition) is 1. The molecule has 0 saturated heterocycles. The standard InChI is InChI=1S/C22H20ClFN4O2S/c1-11(2)18-21(30)28-19(27-18)14-6-4-5-7-16(14)26-22(28)31-12(3)20(29)25-17-9-8-13(23)10-15(17)24/h4-12,18H,1-3H3,(H,25,29)/t12-,18-/m1/s1. The maximum Gasteiger partial charge on any atom is 0.259 e. The number of rotatable bonds is 4. The molecule has 0 aromatic heterocycles. The largest absolute Gasteiger partial charge is 0.323 e. The molecule has 2 aromatic carbocycles. The second kappa shape index (κ2) is 8.43. The number of carbonyl (C=O) groups is 2. The summed E-state index contributed by atoms with van der Waals surface area (Å²) in [5, 5.41) is 2.54. The maximum atomic E-state index is 14.0. The third kappa shape index (κ3) is 4.09. The lowest BCUT2D eigenvalue weighted by Crippen LogP contribution is -2.43. The Kier molecular flexibility index (Phi) is 5.85. The van der Waals surface area contributed by atoms with Crippen molar-refractivity contribution in [2.75, 3.05) is 5.32 Å². The van der Waals surface area contributed by atoms with Crippen LogP contribution in [0.2, 0.25) is 5.02 Å². The monoisotopic (exact) mass is 458 g/mol. The number of halogens is 2. The van der Waals surface area contributed by atoms with E-state index in [2.05, 4.69) is 15.3 Å². The summed E-state index contributed by atoms with van der Waals surface area (Å²) in [6.45, 7) is 5.56. The Morgan fingerprint density at radius 1 is 1.23 bits per heavy atom. The van der Waals surface area contributed by atoms with Crippen LogP contribution in [0.5, 0.6) is 0 Å². The fraction of sp³-hybridized carbons (Fsp3) is 0.273. The molecule has 2 aliphatic heterocycles. The van der Waals surface area contributed by atoms with Gasteiger partial charge in [-0.05, 0) is 43.2 Å². The van der Waals surface area contributed by atoms with Crippen molar-refractivity contribution in [3.8, 4) is 0 Å². The molecule has 9 heteroatoms. The van der Waals surface area contributed by atoms with Gasteiger partial charge in [-0.25, -0.2) is 14.3 Å². The molecular formula is C22H20ClFN4O2S. The minimum atomic E-state index is -0.647. The van der Waals surface area contributed by atoms with Crippen molar-refractivity contribution in [3.05, 3.63) is 58.9 Å². The van der Waals surface area contributed by atoms with Crippen LogP contribution in [0, 0.1) is 11.7 Å². The fourth-order valence-corrected chi connectivity index (χ4v) is 4.39. The Morgan fingerprint density at radius 2 is 1.97 bits per heavy atom. The van der Waals surface area contributed by atoms with E-state index in [0.717, 1.165) is 23.4 Å². The lowest BCUT2D eigenvalue weighted by molar-refractivity contribution is -0.125. The van der Waals surface area contributed by atoms with Crippen molar-refractivity contribution < 1.29 is 14.0 Å². The van der Waals surface area contributed by atoms with Crippen LogP contribution in [-0.4, -0.2) is 39.0 Å². The Labute approximate surface area is 188 Å². The number of benzene rings is 2. The zero-order valence-electron chi connectivity index (χ0n) is 17.1. The van der Waals surface area contributed by atoms with E-state index in [1.807, 2.05) is 38.1 Å². The van der Waals surface area contributed by atoms with Crippen LogP contribution in [0.15, 0.2) is 52.4 Å². The highest BCUT2D eigenvalue weighted by atomic mass is 35.5. The number of aliphatic imine (C=N–C) groups is 2. The van der Waals surface area contributed by atoms with Gasteiger partial charge in [-0.15, -0.1) is 0 Å². The van der Waals surface area contributed by atoms with Crippen molar-refractivity contribution in [1.82, 2.24) is 4.90 Å². The number of nitrogens with one attached hydrogen (secondary N) is 1. The number of nitrogens with zero attached hydrogens (tertiary/aromatic N) is 3. The Hall–Kier alpha value is -2.71. The molecule has 0 fully saturated rings. The van der Waals surface area contributed by atoms with Crippen LogP contribution in [0.1, 0.15) is 26.3 Å². The normalized spacial score (nSPS) is 18.3. The lowest BCUT2D eigenvalue weighted by atomic mass is 10.1. The van der Waals surface area contributed by atoms with Crippen molar-refractivity contribution >= 4 is 57.6 Å². The first-order chi connectivity index (χ1) is 14.8. The number of thioether (sulfide) groups is 1. The van der Waals surface area contributed by atoms with Gasteiger partial charge in [-0.1, -0.05) is 49.3 Å². The second-order valence-electron chi connectivity index (χ2n) is 7.60. The van der Waals surface area contributed by atoms with Crippen molar-refractivity contribution in [2.45, 2.75) is 32.1 Å². The predicted octanol–water partition coefficient (Wildman–Crippen LogP) is 4.85. The summed E-state index contributed by atoms with van der Waals surface area (Å²) in [5.41, 5.74) is 1.51. The van der Waals surface area contributed by atoms with Crippen molar-refractivity contribution in [2.24, 2.45) is 15.9 Å². The molecule has 0 aliphatic carbocycles. The van der Waals surface area contributed by atoms with E-state index in [1.54, 1.807) is 6.92 Å². The van der Waals surface area contributed by atoms with Gasteiger partial charge >= 0.3 is 0 Å². The minimum Gasteiger partial charge on any atom is -0.323 e. The summed E-state index contributed by atoms with van der Waals surface area (Å²) < 4.78 is 14.0. The molecule has 2 atom stereocenters. The van der Waals surface area contributed by atoms with E-state index < -0.39 is 23.0 Å². The number of anilines is 1. The van der Waals surface area contributed by atoms with Gasteiger partial charge in [0.1, 0.15) is 17.7 Å². The first-order valence-corrected chi connectivity index (χ1v) is 11.0. The molecule has 4 rings (SSSR count). The van der Waals surface area contributed by atoms with Crippen LogP contribution >= 0.6 is 23.4 Å². The van der Waals surface area contributed by atoms with Gasteiger partial charge < -0.3 is 5.32 Å². The van der Waals surface area contributed by atoms with Gasteiger partial charge in [-0.3, -0.25) is 14.6 Å². The first-order valence-electron chi connectivity index (χ1n) is 9.78. The van der Waals surface area contributed by atoms with Crippen LogP contribution in [0.3, 0.4) is 0 Å². The molecule has 0 bridgehead atoms. The maximum absolute atomic E-state index is 14.0. The van der Waals surface area contributed by atoms with E-state index in [0.29, 0.717) is 16.7 Å². The summed E-state index contributed by atoms with van der Waals surface area (Å²) in [4.78, 5) is 36.5. The third-order valence-corrected chi connectivity index (χ3v) is 6.26. The Bertz CT molecular complexity index is 1130. The number of hydrogen-bond acceptors (Lipinski definition) is 5. The van der Waals surface area contributed by atoms with Gasteiger partial charge in [-0.2, -0.15) is 0 Å². The molecule has 2 aliphatic rings. The lowest BCUT2D eigenvalue weighted by Gasteiger charge is -2.27. The number of amidine groups is 2. The van der Waals surface area contributed by atoms with Gasteiger partial charge in [0.2, 0.25) is 5.91 Å². The smallest absolute Gasteiger partial charge is 0.259 e. The summed E-state index contributed by atoms with van der Waals surface area (Å²) in [6.07, 6.45) is 0. The molecule has 2 amide bonds. The third-order valence-electron chi connectivity index (χ3n) is 4.97. The highest BCUT2D eigenvalue weighted by Crippen LogP contribution is 2.36. The molecule has 0 radical (unpaired) electrons. The predicted molar refractivity (Wildman–Crippen MR) is 123 cm³/mol. The van der Waals surface area contributed by atoms with E-state index in [1.165, 1.54) is 17.0 Å². The van der Waals surface area contributed by atoms with Crippen LogP contribution < -0.4 is 5.32 Å². The number of carbonyl (C=O) groups excluding carboxylic acids is 2. The van der Waals surface area contributed by atoms with Gasteiger partial charge in [0, 0.05) is 10.6 Å². The average Bonchev–Trinajstić information content (AvgIpc) is 3.08. The van der Waals surface area contributed by atoms with Crippen LogP contribution in [0.4, 0.5) is 15.8 Å². The zero-order valence-corrected chi connectivity index (χ0v) is 18.7. The van der Waals surface area contributed by atoms with E-state index >= 15 is 0 Å². The molecule has 31 heavy (non-hydrogen) atoms. The number of para-hydroxylation sites is 1. The summed E-state index contributed by atoms with van der Waals surface area (Å²) in [6, 6.07) is 11.0. The quantitative estimate of drug-likeness (QED) is 0.711. The molecule has 0 spiro atoms. The van der Waals surface area contributed by atoms with Gasteiger partial charge in [0.25, 0.3) is 5.91 Å². The summed E-state index contributed by atoms with van der Waals surface area (Å²) in [7, 11) is 0. The fourth-order valence-electron chi connectivity index (χ4n) is 3.32. The van der Waals surface area contributed by atoms with E-state index in [4.69, 9.17) is 11.6 Å². The molecule has 2 heterocycles. The highest BCUT2D eigenvalue weighted by molar-refractivity contribution is 8.15. The topological polar surface area (TPSA) is 74.1 Å². The molecule has 1 N–H and O–H groups in total. The van der Waals surface area contributed by atoms with Crippen LogP contribution in [0.25, 0.3) is 0 Å². The minimum absolute atomic E-state index is 0.0256. The van der Waals surface area contributed by atoms with Crippen molar-refractivity contribution in [1.29, 1.82) is 0 Å². The number of amides is 2. The van der Waals surface area contributed by atoms with Crippen LogP contribution in [-0.2, 0) is 9.59 Å². The summed E-state index contributed by atoms with van der Waals surface area (Å²) >= 11 is 6.89. The highest BCUT2D eigenvalue weighted by Gasteiger charge is 2.43. The SMILES string of the molecule is CC(C)[C@H]1N=C2c3ccccc3N=C(S[C@H](C)C(=O)Nc3ccc(Cl)cc3F)N2C1=O. The van der Waals surface area contributed by atoms with E-state index in [-0.39, 0.29) is 22.5 Å². The summed E-state index contributed by atoms with van der Waals surface area (Å²) in [5.74, 6) is -0.628. The molecular weight excluding hydrogens is 439 g/mol. The van der Waals surface area contributed by atoms with Crippen molar-refractivity contribution in [3.63, 3.8) is 0 Å². The first kappa shape index (κ1) is 21.5. The number of fused-ring (bicyclic) bond motifs is 3. The molecule has 0 unspecified atom stereocenters. The van der Waals surface area contributed by atoms with E-state index in [9.17, 15) is 14.0 Å². The molecule has 160 valence electrons. The van der Waals surface area contributed by atoms with Gasteiger partial charge in [0.05, 0.1) is 16.6 Å².